The topological polar surface area (TPSA) is 30.7 Å². The average molecular weight is 92.9 g/mol. The fourth-order valence-corrected chi connectivity index (χ4v) is 0.365. The molecule has 1 aromatic heterocycles. The summed E-state index contributed by atoms with van der Waals surface area (Å²) in [6, 6.07) is 0. The van der Waals surface area contributed by atoms with Crippen molar-refractivity contribution in [2.24, 2.45) is 0 Å². The van der Waals surface area contributed by atoms with Crippen LogP contribution in [0.5, 0.6) is 0 Å². The molecule has 0 saturated heterocycles. The maximum atomic E-state index is 5.12. The standard InChI is InChI=1S/C3H4BN3/c1-3-2-7(4)6-5-3/h2H,1H3. The molecule has 7 heavy (non-hydrogen) atoms. The van der Waals surface area contributed by atoms with Gasteiger partial charge in [0.05, 0.1) is 5.69 Å². The molecule has 0 unspecified atom stereocenters. The quantitative estimate of drug-likeness (QED) is 0.405. The third-order valence-electron chi connectivity index (χ3n) is 0.625. The molecule has 0 aromatic carbocycles. The Morgan fingerprint density at radius 2 is 2.57 bits per heavy atom. The van der Waals surface area contributed by atoms with Crippen LogP contribution in [0, 0.1) is 6.92 Å². The lowest BCUT2D eigenvalue weighted by atomic mass is 10.4. The Labute approximate surface area is 42.8 Å². The van der Waals surface area contributed by atoms with Crippen LogP contribution in [0.15, 0.2) is 6.20 Å². The number of aryl methyl sites for hydroxylation is 1. The maximum Gasteiger partial charge on any atom is 0.266 e. The van der Waals surface area contributed by atoms with Crippen LogP contribution in [0.2, 0.25) is 0 Å². The molecule has 34 valence electrons. The zero-order chi connectivity index (χ0) is 5.28. The number of hydrogen-bond donors (Lipinski definition) is 0. The van der Waals surface area contributed by atoms with Crippen LogP contribution in [-0.2, 0) is 0 Å². The summed E-state index contributed by atoms with van der Waals surface area (Å²) in [5.41, 5.74) is 0.836. The van der Waals surface area contributed by atoms with Gasteiger partial charge in [0.2, 0.25) is 0 Å². The first-order chi connectivity index (χ1) is 3.29. The fraction of sp³-hybridized carbons (Fsp3) is 0.333. The van der Waals surface area contributed by atoms with Gasteiger partial charge in [0.25, 0.3) is 7.98 Å². The van der Waals surface area contributed by atoms with E-state index in [-0.39, 0.29) is 0 Å². The lowest BCUT2D eigenvalue weighted by molar-refractivity contribution is 0.872. The van der Waals surface area contributed by atoms with Crippen LogP contribution in [0.4, 0.5) is 0 Å². The van der Waals surface area contributed by atoms with E-state index in [0.29, 0.717) is 0 Å². The van der Waals surface area contributed by atoms with E-state index in [9.17, 15) is 0 Å². The third kappa shape index (κ3) is 0.794. The molecule has 1 rings (SSSR count). The molecule has 3 nitrogen and oxygen atoms in total. The van der Waals surface area contributed by atoms with E-state index in [1.165, 1.54) is 4.59 Å². The van der Waals surface area contributed by atoms with E-state index in [2.05, 4.69) is 10.3 Å². The van der Waals surface area contributed by atoms with Crippen molar-refractivity contribution in [1.29, 1.82) is 0 Å². The summed E-state index contributed by atoms with van der Waals surface area (Å²) >= 11 is 0. The van der Waals surface area contributed by atoms with Crippen molar-refractivity contribution in [2.75, 3.05) is 0 Å². The second-order valence-electron chi connectivity index (χ2n) is 1.34. The van der Waals surface area contributed by atoms with Gasteiger partial charge in [-0.1, -0.05) is 5.21 Å². The molecule has 0 amide bonds. The second-order valence-corrected chi connectivity index (χ2v) is 1.34. The Morgan fingerprint density at radius 3 is 2.71 bits per heavy atom. The van der Waals surface area contributed by atoms with Gasteiger partial charge >= 0.3 is 0 Å². The average Bonchev–Trinajstić information content (AvgIpc) is 1.87. The van der Waals surface area contributed by atoms with Crippen LogP contribution in [0.3, 0.4) is 0 Å². The minimum atomic E-state index is 0.836. The van der Waals surface area contributed by atoms with E-state index in [1.807, 2.05) is 6.92 Å². The Bertz CT molecular complexity index is 142. The van der Waals surface area contributed by atoms with Gasteiger partial charge in [0, 0.05) is 6.20 Å². The van der Waals surface area contributed by atoms with E-state index in [1.54, 1.807) is 6.20 Å². The van der Waals surface area contributed by atoms with Crippen molar-refractivity contribution in [3.63, 3.8) is 0 Å². The summed E-state index contributed by atoms with van der Waals surface area (Å²) in [6.07, 6.45) is 1.64. The number of nitrogens with zero attached hydrogens (tertiary/aromatic N) is 3. The summed E-state index contributed by atoms with van der Waals surface area (Å²) in [6.45, 7) is 1.83. The SMILES string of the molecule is [B]n1cc(C)nn1. The predicted molar refractivity (Wildman–Crippen MR) is 25.9 cm³/mol. The lowest BCUT2D eigenvalue weighted by Gasteiger charge is -1.75. The molecule has 0 aliphatic rings. The van der Waals surface area contributed by atoms with Crippen LogP contribution in [0.1, 0.15) is 5.69 Å². The number of rotatable bonds is 0. The van der Waals surface area contributed by atoms with Gasteiger partial charge in [-0.15, -0.1) is 5.10 Å². The van der Waals surface area contributed by atoms with Crippen molar-refractivity contribution >= 4 is 7.98 Å². The van der Waals surface area contributed by atoms with Gasteiger partial charge < -0.3 is 4.59 Å². The van der Waals surface area contributed by atoms with Gasteiger partial charge in [0.1, 0.15) is 0 Å². The second kappa shape index (κ2) is 1.37. The van der Waals surface area contributed by atoms with Crippen LogP contribution in [0.25, 0.3) is 0 Å². The van der Waals surface area contributed by atoms with Gasteiger partial charge in [-0.2, -0.15) is 0 Å². The van der Waals surface area contributed by atoms with E-state index < -0.39 is 0 Å². The molecule has 0 bridgehead atoms. The summed E-state index contributed by atoms with van der Waals surface area (Å²) in [4.78, 5) is 0. The third-order valence-corrected chi connectivity index (χ3v) is 0.625. The Balaban J connectivity index is 3.04. The van der Waals surface area contributed by atoms with Crippen molar-refractivity contribution in [3.05, 3.63) is 11.9 Å². The fourth-order valence-electron chi connectivity index (χ4n) is 0.365. The van der Waals surface area contributed by atoms with E-state index >= 15 is 0 Å². The molecule has 0 N–H and O–H groups in total. The van der Waals surface area contributed by atoms with Crippen LogP contribution >= 0.6 is 0 Å². The molecular weight excluding hydrogens is 88.9 g/mol. The monoisotopic (exact) mass is 93.0 g/mol. The maximum absolute atomic E-state index is 5.12. The van der Waals surface area contributed by atoms with Crippen LogP contribution < -0.4 is 0 Å². The molecule has 2 radical (unpaired) electrons. The molecule has 0 fully saturated rings. The number of hydrogen-bond acceptors (Lipinski definition) is 2. The largest absolute Gasteiger partial charge is 0.311 e. The first-order valence-electron chi connectivity index (χ1n) is 1.93. The predicted octanol–water partition coefficient (Wildman–Crippen LogP) is -0.482. The first kappa shape index (κ1) is 4.37. The van der Waals surface area contributed by atoms with Crippen molar-refractivity contribution in [2.45, 2.75) is 6.92 Å². The molecule has 0 saturated carbocycles. The van der Waals surface area contributed by atoms with E-state index in [0.717, 1.165) is 5.69 Å². The van der Waals surface area contributed by atoms with Gasteiger partial charge in [-0.3, -0.25) is 0 Å². The minimum Gasteiger partial charge on any atom is -0.311 e. The molecule has 4 heteroatoms. The summed E-state index contributed by atoms with van der Waals surface area (Å²) in [5, 5.41) is 7.06. The lowest BCUT2D eigenvalue weighted by Crippen LogP contribution is -1.89. The minimum absolute atomic E-state index is 0.836. The Hall–Kier alpha value is -0.795. The zero-order valence-electron chi connectivity index (χ0n) is 4.00. The van der Waals surface area contributed by atoms with Crippen molar-refractivity contribution in [3.8, 4) is 0 Å². The van der Waals surface area contributed by atoms with Gasteiger partial charge in [-0.05, 0) is 6.92 Å². The number of aromatic nitrogens is 3. The highest BCUT2D eigenvalue weighted by atomic mass is 15.4. The Kier molecular flexibility index (Phi) is 0.853. The molecule has 0 aliphatic carbocycles. The van der Waals surface area contributed by atoms with Crippen molar-refractivity contribution in [1.82, 2.24) is 14.9 Å². The van der Waals surface area contributed by atoms with Crippen LogP contribution in [-0.4, -0.2) is 22.9 Å². The zero-order valence-corrected chi connectivity index (χ0v) is 4.00. The molecular formula is C3H4BN3. The van der Waals surface area contributed by atoms with Gasteiger partial charge in [0.15, 0.2) is 0 Å². The molecule has 0 aliphatic heterocycles. The normalized spacial score (nSPS) is 9.29. The summed E-state index contributed by atoms with van der Waals surface area (Å²) < 4.78 is 1.18. The molecule has 0 spiro atoms. The molecule has 1 heterocycles. The highest BCUT2D eigenvalue weighted by Crippen LogP contribution is 1.81. The molecule has 0 atom stereocenters. The summed E-state index contributed by atoms with van der Waals surface area (Å²) in [7, 11) is 5.12. The first-order valence-corrected chi connectivity index (χ1v) is 1.93. The smallest absolute Gasteiger partial charge is 0.266 e. The highest BCUT2D eigenvalue weighted by Gasteiger charge is 1.83. The van der Waals surface area contributed by atoms with E-state index in [4.69, 9.17) is 7.98 Å². The highest BCUT2D eigenvalue weighted by molar-refractivity contribution is 6.05. The molecule has 1 aromatic rings. The Morgan fingerprint density at radius 1 is 1.86 bits per heavy atom. The summed E-state index contributed by atoms with van der Waals surface area (Å²) in [5.74, 6) is 0. The van der Waals surface area contributed by atoms with Gasteiger partial charge in [-0.25, -0.2) is 0 Å². The van der Waals surface area contributed by atoms with Crippen molar-refractivity contribution < 1.29 is 0 Å².